The summed E-state index contributed by atoms with van der Waals surface area (Å²) in [6.45, 7) is 2.78. The highest BCUT2D eigenvalue weighted by atomic mass is 32.7. The van der Waals surface area contributed by atoms with Gasteiger partial charge in [0.25, 0.3) is 0 Å². The number of nitrogens with two attached hydrogens (primary N) is 1. The van der Waals surface area contributed by atoms with Crippen LogP contribution in [0.15, 0.2) is 4.76 Å². The number of hydrogen-bond acceptors (Lipinski definition) is 3. The zero-order chi connectivity index (χ0) is 9.61. The van der Waals surface area contributed by atoms with E-state index in [-0.39, 0.29) is 0 Å². The minimum absolute atomic E-state index is 0.299. The molecule has 0 saturated carbocycles. The first-order valence-corrected chi connectivity index (χ1v) is 6.92. The van der Waals surface area contributed by atoms with Crippen molar-refractivity contribution in [2.75, 3.05) is 12.4 Å². The van der Waals surface area contributed by atoms with E-state index in [2.05, 4.69) is 4.76 Å². The molecule has 0 aromatic carbocycles. The number of amidine groups is 1. The van der Waals surface area contributed by atoms with Crippen molar-refractivity contribution in [3.8, 4) is 0 Å². The molecule has 0 amide bonds. The van der Waals surface area contributed by atoms with Crippen molar-refractivity contribution in [2.45, 2.75) is 20.8 Å². The zero-order valence-corrected chi connectivity index (χ0v) is 9.32. The van der Waals surface area contributed by atoms with Crippen molar-refractivity contribution in [1.29, 1.82) is 0 Å². The monoisotopic (exact) mass is 210 g/mol. The summed E-state index contributed by atoms with van der Waals surface area (Å²) in [7, 11) is 0. The van der Waals surface area contributed by atoms with Crippen LogP contribution < -0.4 is 5.73 Å². The first kappa shape index (κ1) is 12.0. The molecule has 0 bridgehead atoms. The predicted molar refractivity (Wildman–Crippen MR) is 54.7 cm³/mol. The van der Waals surface area contributed by atoms with Crippen LogP contribution in [-0.4, -0.2) is 18.2 Å². The first-order chi connectivity index (χ1) is 5.54. The highest BCUT2D eigenvalue weighted by Gasteiger charge is 2.20. The van der Waals surface area contributed by atoms with Crippen molar-refractivity contribution in [1.82, 2.24) is 0 Å². The van der Waals surface area contributed by atoms with Crippen LogP contribution in [0.25, 0.3) is 0 Å². The maximum absolute atomic E-state index is 11.7. The van der Waals surface area contributed by atoms with Gasteiger partial charge in [0.1, 0.15) is 5.84 Å². The van der Waals surface area contributed by atoms with E-state index in [1.165, 1.54) is 11.4 Å². The van der Waals surface area contributed by atoms with Gasteiger partial charge < -0.3 is 10.3 Å². The fourth-order valence-electron chi connectivity index (χ4n) is 0.614. The summed E-state index contributed by atoms with van der Waals surface area (Å²) in [5.41, 5.74) is 5.32. The van der Waals surface area contributed by atoms with Gasteiger partial charge in [-0.3, -0.25) is 4.57 Å². The molecule has 0 fully saturated rings. The molecule has 12 heavy (non-hydrogen) atoms. The Hall–Kier alpha value is 0.01000. The third kappa shape index (κ3) is 4.80. The van der Waals surface area contributed by atoms with Gasteiger partial charge >= 0.3 is 6.72 Å². The van der Waals surface area contributed by atoms with Crippen molar-refractivity contribution in [3.63, 3.8) is 0 Å². The Balaban J connectivity index is 4.40. The summed E-state index contributed by atoms with van der Waals surface area (Å²) < 4.78 is 20.5. The van der Waals surface area contributed by atoms with E-state index in [9.17, 15) is 4.57 Å². The zero-order valence-electron chi connectivity index (χ0n) is 7.61. The lowest BCUT2D eigenvalue weighted by molar-refractivity contribution is 0.347. The quantitative estimate of drug-likeness (QED) is 0.429. The van der Waals surface area contributed by atoms with Crippen LogP contribution >= 0.6 is 18.1 Å². The average Bonchev–Trinajstić information content (AvgIpc) is 1.85. The molecular formula is C6H15N2O2PS. The summed E-state index contributed by atoms with van der Waals surface area (Å²) in [6.07, 6.45) is 0. The molecule has 0 aliphatic carbocycles. The molecule has 0 aliphatic rings. The molecule has 6 heteroatoms. The van der Waals surface area contributed by atoms with Crippen LogP contribution in [0.1, 0.15) is 20.8 Å². The smallest absolute Gasteiger partial charge is 0.373 e. The summed E-state index contributed by atoms with van der Waals surface area (Å²) in [4.78, 5) is 0. The predicted octanol–water partition coefficient (Wildman–Crippen LogP) is 2.26. The van der Waals surface area contributed by atoms with Crippen LogP contribution in [0.4, 0.5) is 0 Å². The van der Waals surface area contributed by atoms with Gasteiger partial charge in [0.05, 0.1) is 6.61 Å². The highest BCUT2D eigenvalue weighted by Crippen LogP contribution is 2.60. The van der Waals surface area contributed by atoms with Crippen LogP contribution in [0.5, 0.6) is 0 Å². The Morgan fingerprint density at radius 1 is 1.67 bits per heavy atom. The number of nitrogens with zero attached hydrogens (tertiary/aromatic N) is 1. The largest absolute Gasteiger partial charge is 0.387 e. The Bertz CT molecular complexity index is 194. The average molecular weight is 210 g/mol. The van der Waals surface area contributed by atoms with Gasteiger partial charge in [-0.25, -0.2) is 0 Å². The number of rotatable bonds is 5. The van der Waals surface area contributed by atoms with E-state index < -0.39 is 6.72 Å². The summed E-state index contributed by atoms with van der Waals surface area (Å²) in [5, 5.41) is 0. The van der Waals surface area contributed by atoms with Crippen LogP contribution in [-0.2, 0) is 9.09 Å². The molecule has 0 aromatic heterocycles. The topological polar surface area (TPSA) is 64.7 Å². The highest BCUT2D eigenvalue weighted by molar-refractivity contribution is 8.56. The van der Waals surface area contributed by atoms with Crippen LogP contribution in [0.3, 0.4) is 0 Å². The molecule has 2 N–H and O–H groups in total. The molecule has 4 nitrogen and oxygen atoms in total. The maximum Gasteiger partial charge on any atom is 0.373 e. The molecule has 0 radical (unpaired) electrons. The lowest BCUT2D eigenvalue weighted by atomic mass is 10.8. The van der Waals surface area contributed by atoms with Gasteiger partial charge in [0.2, 0.25) is 0 Å². The molecule has 1 unspecified atom stereocenters. The molecule has 0 aliphatic heterocycles. The molecule has 0 saturated heterocycles. The molecule has 0 aromatic rings. The van der Waals surface area contributed by atoms with Crippen molar-refractivity contribution in [2.24, 2.45) is 10.5 Å². The van der Waals surface area contributed by atoms with Crippen molar-refractivity contribution >= 4 is 23.9 Å². The Labute approximate surface area is 77.2 Å². The second-order valence-electron chi connectivity index (χ2n) is 2.05. The standard InChI is InChI=1S/C6H15N2O2PS/c1-4-10-11(9,12-5-2)8-6(3)7/h4-5H2,1-3H3,(H2,7,8,9). The Morgan fingerprint density at radius 2 is 2.25 bits per heavy atom. The second kappa shape index (κ2) is 5.62. The van der Waals surface area contributed by atoms with Gasteiger partial charge in [-0.2, -0.15) is 4.76 Å². The minimum atomic E-state index is -2.90. The van der Waals surface area contributed by atoms with Gasteiger partial charge in [-0.05, 0) is 25.2 Å². The Kier molecular flexibility index (Phi) is 5.63. The molecule has 0 heterocycles. The fraction of sp³-hybridized carbons (Fsp3) is 0.833. The molecule has 0 spiro atoms. The maximum atomic E-state index is 11.7. The molecule has 0 rings (SSSR count). The second-order valence-corrected chi connectivity index (χ2v) is 6.44. The van der Waals surface area contributed by atoms with Gasteiger partial charge in [0.15, 0.2) is 0 Å². The fourth-order valence-corrected chi connectivity index (χ4v) is 3.92. The van der Waals surface area contributed by atoms with Gasteiger partial charge in [-0.1, -0.05) is 6.92 Å². The summed E-state index contributed by atoms with van der Waals surface area (Å²) in [6, 6.07) is 0. The van der Waals surface area contributed by atoms with Crippen LogP contribution in [0, 0.1) is 0 Å². The van der Waals surface area contributed by atoms with E-state index >= 15 is 0 Å². The van der Waals surface area contributed by atoms with Gasteiger partial charge in [0, 0.05) is 5.75 Å². The van der Waals surface area contributed by atoms with Crippen molar-refractivity contribution in [3.05, 3.63) is 0 Å². The van der Waals surface area contributed by atoms with Crippen molar-refractivity contribution < 1.29 is 9.09 Å². The summed E-state index contributed by atoms with van der Waals surface area (Å²) in [5.74, 6) is 1.00. The number of hydrogen-bond donors (Lipinski definition) is 1. The summed E-state index contributed by atoms with van der Waals surface area (Å²) >= 11 is 1.20. The molecular weight excluding hydrogens is 195 g/mol. The molecule has 1 atom stereocenters. The molecule has 72 valence electrons. The van der Waals surface area contributed by atoms with E-state index in [1.807, 2.05) is 6.92 Å². The van der Waals surface area contributed by atoms with E-state index in [4.69, 9.17) is 10.3 Å². The van der Waals surface area contributed by atoms with E-state index in [1.54, 1.807) is 13.8 Å². The third-order valence-corrected chi connectivity index (χ3v) is 4.91. The normalized spacial score (nSPS) is 17.4. The minimum Gasteiger partial charge on any atom is -0.387 e. The van der Waals surface area contributed by atoms with E-state index in [0.717, 1.165) is 0 Å². The third-order valence-electron chi connectivity index (χ3n) is 0.865. The van der Waals surface area contributed by atoms with Crippen LogP contribution in [0.2, 0.25) is 0 Å². The first-order valence-electron chi connectivity index (χ1n) is 3.75. The van der Waals surface area contributed by atoms with E-state index in [0.29, 0.717) is 18.2 Å². The lowest BCUT2D eigenvalue weighted by Gasteiger charge is -2.10. The Morgan fingerprint density at radius 3 is 2.58 bits per heavy atom. The lowest BCUT2D eigenvalue weighted by Crippen LogP contribution is -2.04. The SMILES string of the molecule is CCOP(=O)(/N=C(\C)N)SCC. The van der Waals surface area contributed by atoms with Gasteiger partial charge in [-0.15, -0.1) is 0 Å².